The minimum atomic E-state index is -0.832. The maximum absolute atomic E-state index is 12.4. The van der Waals surface area contributed by atoms with Gasteiger partial charge in [-0.15, -0.1) is 0 Å². The fourth-order valence-electron chi connectivity index (χ4n) is 3.53. The second-order valence-corrected chi connectivity index (χ2v) is 7.16. The number of benzene rings is 1. The zero-order chi connectivity index (χ0) is 18.5. The Morgan fingerprint density at radius 3 is 2.62 bits per heavy atom. The molecule has 1 aliphatic heterocycles. The van der Waals surface area contributed by atoms with Gasteiger partial charge in [-0.1, -0.05) is 25.7 Å². The number of hydrogen-bond donors (Lipinski definition) is 2. The highest BCUT2D eigenvalue weighted by molar-refractivity contribution is 5.96. The van der Waals surface area contributed by atoms with Gasteiger partial charge in [0.15, 0.2) is 6.10 Å². The van der Waals surface area contributed by atoms with Crippen LogP contribution >= 0.6 is 0 Å². The van der Waals surface area contributed by atoms with Crippen LogP contribution in [0.15, 0.2) is 18.2 Å². The molecular weight excluding hydrogens is 332 g/mol. The first-order chi connectivity index (χ1) is 12.5. The van der Waals surface area contributed by atoms with Crippen LogP contribution in [0.1, 0.15) is 67.8 Å². The molecule has 0 bridgehead atoms. The highest BCUT2D eigenvalue weighted by Crippen LogP contribution is 2.24. The molecule has 1 saturated carbocycles. The molecule has 0 saturated heterocycles. The number of carbonyl (C=O) groups excluding carboxylic acids is 3. The molecule has 1 unspecified atom stereocenters. The zero-order valence-electron chi connectivity index (χ0n) is 15.2. The molecule has 26 heavy (non-hydrogen) atoms. The van der Waals surface area contributed by atoms with Crippen LogP contribution in [0.2, 0.25) is 0 Å². The summed E-state index contributed by atoms with van der Waals surface area (Å²) in [5.41, 5.74) is 2.04. The van der Waals surface area contributed by atoms with Gasteiger partial charge >= 0.3 is 5.97 Å². The third-order valence-electron chi connectivity index (χ3n) is 5.09. The van der Waals surface area contributed by atoms with Crippen molar-refractivity contribution >= 4 is 23.5 Å². The summed E-state index contributed by atoms with van der Waals surface area (Å²) in [6.45, 7) is 1.60. The molecule has 2 aliphatic rings. The lowest BCUT2D eigenvalue weighted by Gasteiger charge is -2.20. The van der Waals surface area contributed by atoms with Crippen LogP contribution in [0, 0.1) is 0 Å². The van der Waals surface area contributed by atoms with Gasteiger partial charge < -0.3 is 15.4 Å². The third-order valence-corrected chi connectivity index (χ3v) is 5.09. The SMILES string of the molecule is CC(OC(=O)c1ccc2c(c1)CCC(=O)N2)C(=O)NC1CCCCCC1. The molecule has 6 nitrogen and oxygen atoms in total. The Kier molecular flexibility index (Phi) is 5.91. The number of rotatable bonds is 4. The lowest BCUT2D eigenvalue weighted by molar-refractivity contribution is -0.129. The summed E-state index contributed by atoms with van der Waals surface area (Å²) in [7, 11) is 0. The number of nitrogens with one attached hydrogen (secondary N) is 2. The molecule has 1 aromatic rings. The fourth-order valence-corrected chi connectivity index (χ4v) is 3.53. The van der Waals surface area contributed by atoms with E-state index in [-0.39, 0.29) is 17.9 Å². The molecule has 1 heterocycles. The molecule has 3 rings (SSSR count). The van der Waals surface area contributed by atoms with E-state index in [1.165, 1.54) is 12.8 Å². The van der Waals surface area contributed by atoms with Crippen LogP contribution in [0.25, 0.3) is 0 Å². The standard InChI is InChI=1S/C20H26N2O4/c1-13(19(24)21-16-6-4-2-3-5-7-16)26-20(25)15-8-10-17-14(12-15)9-11-18(23)22-17/h8,10,12-13,16H,2-7,9,11H2,1H3,(H,21,24)(H,22,23). The summed E-state index contributed by atoms with van der Waals surface area (Å²) in [6, 6.07) is 5.23. The normalized spacial score (nSPS) is 18.9. The topological polar surface area (TPSA) is 84.5 Å². The highest BCUT2D eigenvalue weighted by atomic mass is 16.5. The van der Waals surface area contributed by atoms with E-state index < -0.39 is 12.1 Å². The average molecular weight is 358 g/mol. The number of esters is 1. The number of anilines is 1. The van der Waals surface area contributed by atoms with Crippen molar-refractivity contribution in [2.45, 2.75) is 70.4 Å². The van der Waals surface area contributed by atoms with Gasteiger partial charge in [-0.05, 0) is 49.9 Å². The molecule has 140 valence electrons. The van der Waals surface area contributed by atoms with Crippen molar-refractivity contribution in [1.82, 2.24) is 5.32 Å². The first kappa shape index (κ1) is 18.4. The molecule has 6 heteroatoms. The van der Waals surface area contributed by atoms with Crippen molar-refractivity contribution in [3.8, 4) is 0 Å². The van der Waals surface area contributed by atoms with Gasteiger partial charge in [0.05, 0.1) is 5.56 Å². The van der Waals surface area contributed by atoms with Gasteiger partial charge in [-0.2, -0.15) is 0 Å². The number of ether oxygens (including phenoxy) is 1. The Bertz CT molecular complexity index is 693. The molecular formula is C20H26N2O4. The molecule has 1 atom stereocenters. The van der Waals surface area contributed by atoms with Crippen LogP contribution in [-0.4, -0.2) is 29.9 Å². The summed E-state index contributed by atoms with van der Waals surface area (Å²) in [5, 5.41) is 5.79. The summed E-state index contributed by atoms with van der Waals surface area (Å²) >= 11 is 0. The quantitative estimate of drug-likeness (QED) is 0.640. The smallest absolute Gasteiger partial charge is 0.338 e. The van der Waals surface area contributed by atoms with Gasteiger partial charge in [0.1, 0.15) is 0 Å². The number of fused-ring (bicyclic) bond motifs is 1. The van der Waals surface area contributed by atoms with Crippen LogP contribution in [0.3, 0.4) is 0 Å². The lowest BCUT2D eigenvalue weighted by Crippen LogP contribution is -2.41. The second-order valence-electron chi connectivity index (χ2n) is 7.16. The second kappa shape index (κ2) is 8.34. The van der Waals surface area contributed by atoms with Crippen molar-refractivity contribution in [3.63, 3.8) is 0 Å². The summed E-state index contributed by atoms with van der Waals surface area (Å²) < 4.78 is 5.34. The molecule has 1 aliphatic carbocycles. The average Bonchev–Trinajstić information content (AvgIpc) is 2.89. The van der Waals surface area contributed by atoms with Crippen LogP contribution in [0.5, 0.6) is 0 Å². The van der Waals surface area contributed by atoms with Crippen molar-refractivity contribution < 1.29 is 19.1 Å². The summed E-state index contributed by atoms with van der Waals surface area (Å²) in [4.78, 5) is 36.1. The molecule has 1 fully saturated rings. The predicted molar refractivity (Wildman–Crippen MR) is 97.9 cm³/mol. The molecule has 0 aromatic heterocycles. The Morgan fingerprint density at radius 1 is 1.15 bits per heavy atom. The molecule has 2 amide bonds. The van der Waals surface area contributed by atoms with E-state index in [1.54, 1.807) is 25.1 Å². The van der Waals surface area contributed by atoms with Gasteiger partial charge in [0.2, 0.25) is 5.91 Å². The minimum absolute atomic E-state index is 0.0170. The Morgan fingerprint density at radius 2 is 1.88 bits per heavy atom. The van der Waals surface area contributed by atoms with Crippen LogP contribution < -0.4 is 10.6 Å². The van der Waals surface area contributed by atoms with Gasteiger partial charge in [0, 0.05) is 18.2 Å². The van der Waals surface area contributed by atoms with E-state index in [9.17, 15) is 14.4 Å². The lowest BCUT2D eigenvalue weighted by atomic mass is 10.0. The molecule has 0 spiro atoms. The molecule has 0 radical (unpaired) electrons. The predicted octanol–water partition coefficient (Wildman–Crippen LogP) is 2.96. The number of carbonyl (C=O) groups is 3. The summed E-state index contributed by atoms with van der Waals surface area (Å²) in [6.07, 6.45) is 6.85. The number of hydrogen-bond acceptors (Lipinski definition) is 4. The third kappa shape index (κ3) is 4.62. The number of amides is 2. The van der Waals surface area contributed by atoms with E-state index in [4.69, 9.17) is 4.74 Å². The Labute approximate surface area is 153 Å². The zero-order valence-corrected chi connectivity index (χ0v) is 15.2. The minimum Gasteiger partial charge on any atom is -0.449 e. The van der Waals surface area contributed by atoms with Crippen molar-refractivity contribution in [2.75, 3.05) is 5.32 Å². The monoisotopic (exact) mass is 358 g/mol. The van der Waals surface area contributed by atoms with Crippen molar-refractivity contribution in [3.05, 3.63) is 29.3 Å². The van der Waals surface area contributed by atoms with Gasteiger partial charge in [0.25, 0.3) is 5.91 Å². The van der Waals surface area contributed by atoms with E-state index in [2.05, 4.69) is 10.6 Å². The first-order valence-corrected chi connectivity index (χ1v) is 9.47. The highest BCUT2D eigenvalue weighted by Gasteiger charge is 2.23. The molecule has 2 N–H and O–H groups in total. The largest absolute Gasteiger partial charge is 0.449 e. The van der Waals surface area contributed by atoms with Crippen LogP contribution in [-0.2, 0) is 20.7 Å². The van der Waals surface area contributed by atoms with E-state index in [0.29, 0.717) is 18.4 Å². The Hall–Kier alpha value is -2.37. The molecule has 1 aromatic carbocycles. The van der Waals surface area contributed by atoms with Gasteiger partial charge in [-0.3, -0.25) is 9.59 Å². The first-order valence-electron chi connectivity index (χ1n) is 9.47. The number of aryl methyl sites for hydroxylation is 1. The van der Waals surface area contributed by atoms with E-state index in [0.717, 1.165) is 36.9 Å². The van der Waals surface area contributed by atoms with Gasteiger partial charge in [-0.25, -0.2) is 4.79 Å². The summed E-state index contributed by atoms with van der Waals surface area (Å²) in [5.74, 6) is -0.777. The van der Waals surface area contributed by atoms with E-state index >= 15 is 0 Å². The Balaban J connectivity index is 1.56. The van der Waals surface area contributed by atoms with E-state index in [1.807, 2.05) is 0 Å². The maximum atomic E-state index is 12.4. The maximum Gasteiger partial charge on any atom is 0.338 e. The fraction of sp³-hybridized carbons (Fsp3) is 0.550. The van der Waals surface area contributed by atoms with Crippen LogP contribution in [0.4, 0.5) is 5.69 Å². The van der Waals surface area contributed by atoms with Crippen molar-refractivity contribution in [2.24, 2.45) is 0 Å². The van der Waals surface area contributed by atoms with Crippen molar-refractivity contribution in [1.29, 1.82) is 0 Å².